The molecular weight excluding hydrogens is 330 g/mol. The number of esters is 1. The quantitative estimate of drug-likeness (QED) is 0.322. The standard InChI is InChI=1S/C20H31N3O3/c1-15-10-11-16(18(13-15)25-3)14-23-20(21-2)22-12-6-9-19(24)26-17-7-4-5-8-17/h10-11,13,17H,4-9,12,14H2,1-3H3,(H2,21,22,23). The minimum atomic E-state index is -0.0916. The number of nitrogens with zero attached hydrogens (tertiary/aromatic N) is 1. The van der Waals surface area contributed by atoms with Crippen LogP contribution in [0.1, 0.15) is 49.7 Å². The third-order valence-corrected chi connectivity index (χ3v) is 4.56. The second-order valence-corrected chi connectivity index (χ2v) is 6.67. The van der Waals surface area contributed by atoms with Crippen molar-refractivity contribution in [2.75, 3.05) is 20.7 Å². The Hall–Kier alpha value is -2.24. The van der Waals surface area contributed by atoms with Gasteiger partial charge in [0, 0.05) is 32.1 Å². The first-order valence-corrected chi connectivity index (χ1v) is 9.40. The van der Waals surface area contributed by atoms with E-state index in [0.29, 0.717) is 25.5 Å². The normalized spacial score (nSPS) is 15.0. The molecule has 0 amide bonds. The molecule has 0 atom stereocenters. The summed E-state index contributed by atoms with van der Waals surface area (Å²) < 4.78 is 10.9. The fraction of sp³-hybridized carbons (Fsp3) is 0.600. The van der Waals surface area contributed by atoms with Crippen molar-refractivity contribution >= 4 is 11.9 Å². The lowest BCUT2D eigenvalue weighted by Gasteiger charge is -2.14. The Morgan fingerprint density at radius 3 is 2.73 bits per heavy atom. The van der Waals surface area contributed by atoms with E-state index in [9.17, 15) is 4.79 Å². The second-order valence-electron chi connectivity index (χ2n) is 6.67. The van der Waals surface area contributed by atoms with E-state index in [1.54, 1.807) is 14.2 Å². The maximum absolute atomic E-state index is 11.8. The van der Waals surface area contributed by atoms with E-state index in [0.717, 1.165) is 36.1 Å². The molecular formula is C20H31N3O3. The molecule has 0 heterocycles. The molecule has 1 aliphatic carbocycles. The van der Waals surface area contributed by atoms with Crippen molar-refractivity contribution in [3.05, 3.63) is 29.3 Å². The smallest absolute Gasteiger partial charge is 0.306 e. The van der Waals surface area contributed by atoms with Crippen LogP contribution in [0.3, 0.4) is 0 Å². The van der Waals surface area contributed by atoms with Gasteiger partial charge in [-0.15, -0.1) is 0 Å². The molecule has 1 fully saturated rings. The van der Waals surface area contributed by atoms with Crippen LogP contribution < -0.4 is 15.4 Å². The van der Waals surface area contributed by atoms with E-state index in [1.165, 1.54) is 12.8 Å². The van der Waals surface area contributed by atoms with E-state index < -0.39 is 0 Å². The largest absolute Gasteiger partial charge is 0.496 e. The van der Waals surface area contributed by atoms with Crippen LogP contribution in [0.25, 0.3) is 0 Å². The molecule has 144 valence electrons. The van der Waals surface area contributed by atoms with E-state index in [1.807, 2.05) is 19.1 Å². The predicted molar refractivity (Wildman–Crippen MR) is 104 cm³/mol. The number of carbonyl (C=O) groups excluding carboxylic acids is 1. The Balaban J connectivity index is 1.67. The lowest BCUT2D eigenvalue weighted by Crippen LogP contribution is -2.37. The first-order chi connectivity index (χ1) is 12.6. The molecule has 1 aliphatic rings. The van der Waals surface area contributed by atoms with Crippen LogP contribution in [0.2, 0.25) is 0 Å². The van der Waals surface area contributed by atoms with Crippen LogP contribution in [-0.4, -0.2) is 38.7 Å². The van der Waals surface area contributed by atoms with E-state index in [4.69, 9.17) is 9.47 Å². The molecule has 2 N–H and O–H groups in total. The number of guanidine groups is 1. The Labute approximate surface area is 156 Å². The van der Waals surface area contributed by atoms with Crippen molar-refractivity contribution in [3.8, 4) is 5.75 Å². The summed E-state index contributed by atoms with van der Waals surface area (Å²) in [5.74, 6) is 1.48. The Bertz CT molecular complexity index is 610. The maximum Gasteiger partial charge on any atom is 0.306 e. The van der Waals surface area contributed by atoms with Gasteiger partial charge in [-0.3, -0.25) is 9.79 Å². The van der Waals surface area contributed by atoms with Crippen LogP contribution >= 0.6 is 0 Å². The van der Waals surface area contributed by atoms with Gasteiger partial charge in [-0.2, -0.15) is 0 Å². The summed E-state index contributed by atoms with van der Waals surface area (Å²) in [5.41, 5.74) is 2.23. The van der Waals surface area contributed by atoms with Crippen molar-refractivity contribution in [1.82, 2.24) is 10.6 Å². The van der Waals surface area contributed by atoms with Crippen LogP contribution in [0, 0.1) is 6.92 Å². The molecule has 0 aliphatic heterocycles. The van der Waals surface area contributed by atoms with E-state index >= 15 is 0 Å². The zero-order valence-corrected chi connectivity index (χ0v) is 16.1. The monoisotopic (exact) mass is 361 g/mol. The summed E-state index contributed by atoms with van der Waals surface area (Å²) in [6, 6.07) is 6.13. The number of carbonyl (C=O) groups is 1. The highest BCUT2D eigenvalue weighted by Crippen LogP contribution is 2.21. The lowest BCUT2D eigenvalue weighted by molar-refractivity contribution is -0.148. The zero-order valence-electron chi connectivity index (χ0n) is 16.1. The summed E-state index contributed by atoms with van der Waals surface area (Å²) in [6.45, 7) is 3.33. The van der Waals surface area contributed by atoms with Crippen molar-refractivity contribution < 1.29 is 14.3 Å². The summed E-state index contributed by atoms with van der Waals surface area (Å²) >= 11 is 0. The number of rotatable bonds is 8. The molecule has 0 saturated heterocycles. The summed E-state index contributed by atoms with van der Waals surface area (Å²) in [7, 11) is 3.41. The molecule has 0 aromatic heterocycles. The Morgan fingerprint density at radius 1 is 1.27 bits per heavy atom. The highest BCUT2D eigenvalue weighted by molar-refractivity contribution is 5.79. The van der Waals surface area contributed by atoms with Gasteiger partial charge in [-0.05, 0) is 50.7 Å². The summed E-state index contributed by atoms with van der Waals surface area (Å²) in [5, 5.41) is 6.50. The maximum atomic E-state index is 11.8. The fourth-order valence-corrected chi connectivity index (χ4v) is 3.09. The third kappa shape index (κ3) is 6.58. The molecule has 2 rings (SSSR count). The van der Waals surface area contributed by atoms with Gasteiger partial charge in [0.2, 0.25) is 0 Å². The van der Waals surface area contributed by atoms with Gasteiger partial charge in [-0.1, -0.05) is 12.1 Å². The topological polar surface area (TPSA) is 72.0 Å². The number of hydrogen-bond acceptors (Lipinski definition) is 4. The average molecular weight is 361 g/mol. The average Bonchev–Trinajstić information content (AvgIpc) is 3.14. The molecule has 0 radical (unpaired) electrons. The minimum absolute atomic E-state index is 0.0916. The molecule has 6 nitrogen and oxygen atoms in total. The van der Waals surface area contributed by atoms with Gasteiger partial charge in [-0.25, -0.2) is 0 Å². The number of benzene rings is 1. The van der Waals surface area contributed by atoms with Crippen LogP contribution in [-0.2, 0) is 16.1 Å². The number of nitrogens with one attached hydrogen (secondary N) is 2. The van der Waals surface area contributed by atoms with E-state index in [2.05, 4.69) is 21.7 Å². The van der Waals surface area contributed by atoms with Gasteiger partial charge < -0.3 is 20.1 Å². The van der Waals surface area contributed by atoms with Gasteiger partial charge in [0.25, 0.3) is 0 Å². The summed E-state index contributed by atoms with van der Waals surface area (Å²) in [4.78, 5) is 16.0. The Morgan fingerprint density at radius 2 is 2.04 bits per heavy atom. The molecule has 1 saturated carbocycles. The molecule has 1 aromatic carbocycles. The fourth-order valence-electron chi connectivity index (χ4n) is 3.09. The number of ether oxygens (including phenoxy) is 2. The molecule has 0 unspecified atom stereocenters. The molecule has 0 spiro atoms. The van der Waals surface area contributed by atoms with Crippen LogP contribution in [0.5, 0.6) is 5.75 Å². The SMILES string of the molecule is CN=C(NCCCC(=O)OC1CCCC1)NCc1ccc(C)cc1OC. The first kappa shape index (κ1) is 20.1. The van der Waals surface area contributed by atoms with Crippen molar-refractivity contribution in [2.24, 2.45) is 4.99 Å². The Kier molecular flexibility index (Phi) is 8.25. The number of methoxy groups -OCH3 is 1. The van der Waals surface area contributed by atoms with Crippen LogP contribution in [0.15, 0.2) is 23.2 Å². The van der Waals surface area contributed by atoms with Crippen molar-refractivity contribution in [3.63, 3.8) is 0 Å². The number of aliphatic imine (C=N–C) groups is 1. The number of hydrogen-bond donors (Lipinski definition) is 2. The lowest BCUT2D eigenvalue weighted by atomic mass is 10.1. The third-order valence-electron chi connectivity index (χ3n) is 4.56. The first-order valence-electron chi connectivity index (χ1n) is 9.40. The van der Waals surface area contributed by atoms with Gasteiger partial charge in [0.1, 0.15) is 11.9 Å². The molecule has 0 bridgehead atoms. The molecule has 26 heavy (non-hydrogen) atoms. The second kappa shape index (κ2) is 10.7. The van der Waals surface area contributed by atoms with Gasteiger partial charge in [0.15, 0.2) is 5.96 Å². The highest BCUT2D eigenvalue weighted by atomic mass is 16.5. The van der Waals surface area contributed by atoms with Crippen molar-refractivity contribution in [2.45, 2.75) is 58.1 Å². The zero-order chi connectivity index (χ0) is 18.8. The van der Waals surface area contributed by atoms with Gasteiger partial charge >= 0.3 is 5.97 Å². The molecule has 1 aromatic rings. The van der Waals surface area contributed by atoms with E-state index in [-0.39, 0.29) is 12.1 Å². The van der Waals surface area contributed by atoms with Crippen molar-refractivity contribution in [1.29, 1.82) is 0 Å². The molecule has 6 heteroatoms. The number of aryl methyl sites for hydroxylation is 1. The summed E-state index contributed by atoms with van der Waals surface area (Å²) in [6.07, 6.45) is 5.69. The van der Waals surface area contributed by atoms with Gasteiger partial charge in [0.05, 0.1) is 7.11 Å². The highest BCUT2D eigenvalue weighted by Gasteiger charge is 2.18. The minimum Gasteiger partial charge on any atom is -0.496 e. The van der Waals surface area contributed by atoms with Crippen LogP contribution in [0.4, 0.5) is 0 Å². The predicted octanol–water partition coefficient (Wildman–Crippen LogP) is 2.93.